The summed E-state index contributed by atoms with van der Waals surface area (Å²) in [6.07, 6.45) is 0.704. The van der Waals surface area contributed by atoms with Crippen molar-refractivity contribution in [2.24, 2.45) is 0 Å². The topological polar surface area (TPSA) is 75.2 Å². The Balaban J connectivity index is 1.72. The summed E-state index contributed by atoms with van der Waals surface area (Å²) in [5, 5.41) is 10.6. The van der Waals surface area contributed by atoms with Gasteiger partial charge in [-0.15, -0.1) is 0 Å². The van der Waals surface area contributed by atoms with Crippen LogP contribution in [0.25, 0.3) is 16.6 Å². The number of hydrogen-bond acceptors (Lipinski definition) is 4. The van der Waals surface area contributed by atoms with Crippen LogP contribution in [0.5, 0.6) is 5.75 Å². The number of carbonyl (C=O) groups is 1. The molecule has 3 aromatic rings. The molecule has 126 valence electrons. The lowest BCUT2D eigenvalue weighted by molar-refractivity contribution is -0.114. The number of rotatable bonds is 3. The Morgan fingerprint density at radius 2 is 1.88 bits per heavy atom. The summed E-state index contributed by atoms with van der Waals surface area (Å²) < 4.78 is 5.39. The molecule has 0 fully saturated rings. The van der Waals surface area contributed by atoms with Crippen LogP contribution in [0.4, 0.5) is 0 Å². The van der Waals surface area contributed by atoms with Crippen LogP contribution in [0.2, 0.25) is 0 Å². The monoisotopic (exact) mass is 334 g/mol. The maximum absolute atomic E-state index is 12.7. The van der Waals surface area contributed by atoms with Gasteiger partial charge in [0.15, 0.2) is 5.78 Å². The van der Waals surface area contributed by atoms with E-state index in [-0.39, 0.29) is 17.5 Å². The molecular formula is C20H18N2O3. The number of ether oxygens (including phenoxy) is 1. The van der Waals surface area contributed by atoms with Crippen LogP contribution >= 0.6 is 0 Å². The summed E-state index contributed by atoms with van der Waals surface area (Å²) in [4.78, 5) is 20.3. The maximum Gasteiger partial charge on any atom is 0.170 e. The second-order valence-corrected chi connectivity index (χ2v) is 6.19. The van der Waals surface area contributed by atoms with Gasteiger partial charge >= 0.3 is 0 Å². The van der Waals surface area contributed by atoms with Crippen molar-refractivity contribution >= 4 is 22.4 Å². The van der Waals surface area contributed by atoms with Gasteiger partial charge < -0.3 is 14.8 Å². The van der Waals surface area contributed by atoms with E-state index in [0.717, 1.165) is 22.3 Å². The molecule has 0 bridgehead atoms. The zero-order valence-corrected chi connectivity index (χ0v) is 13.8. The first-order valence-electron chi connectivity index (χ1n) is 8.20. The predicted octanol–water partition coefficient (Wildman–Crippen LogP) is 3.99. The number of allylic oxidation sites excluding steroid dienone is 2. The number of nitrogens with zero attached hydrogens (tertiary/aromatic N) is 1. The number of para-hydroxylation sites is 3. The summed E-state index contributed by atoms with van der Waals surface area (Å²) in [6, 6.07) is 15.2. The number of hydrogen-bond donors (Lipinski definition) is 2. The molecule has 25 heavy (non-hydrogen) atoms. The van der Waals surface area contributed by atoms with Gasteiger partial charge in [0.05, 0.1) is 23.7 Å². The van der Waals surface area contributed by atoms with Crippen molar-refractivity contribution in [3.05, 3.63) is 65.7 Å². The molecule has 0 saturated carbocycles. The zero-order valence-electron chi connectivity index (χ0n) is 13.8. The molecule has 2 N–H and O–H groups in total. The van der Waals surface area contributed by atoms with Crippen molar-refractivity contribution in [1.29, 1.82) is 0 Å². The molecule has 1 aromatic heterocycles. The molecule has 0 aliphatic heterocycles. The Morgan fingerprint density at radius 3 is 2.64 bits per heavy atom. The van der Waals surface area contributed by atoms with Gasteiger partial charge in [-0.05, 0) is 23.8 Å². The summed E-state index contributed by atoms with van der Waals surface area (Å²) in [6.45, 7) is 0. The van der Waals surface area contributed by atoms with Gasteiger partial charge in [0.2, 0.25) is 0 Å². The minimum Gasteiger partial charge on any atom is -0.511 e. The van der Waals surface area contributed by atoms with Crippen LogP contribution in [0, 0.1) is 0 Å². The number of H-pyrrole nitrogens is 1. The van der Waals surface area contributed by atoms with E-state index in [1.807, 2.05) is 48.5 Å². The average molecular weight is 334 g/mol. The molecule has 2 aromatic carbocycles. The third-order valence-electron chi connectivity index (χ3n) is 4.64. The van der Waals surface area contributed by atoms with Crippen LogP contribution in [0.1, 0.15) is 30.1 Å². The summed E-state index contributed by atoms with van der Waals surface area (Å²) in [5.41, 5.74) is 2.85. The molecule has 5 heteroatoms. The van der Waals surface area contributed by atoms with Gasteiger partial charge in [0.25, 0.3) is 0 Å². The highest BCUT2D eigenvalue weighted by Crippen LogP contribution is 2.40. The first-order valence-corrected chi connectivity index (χ1v) is 8.20. The van der Waals surface area contributed by atoms with Crippen LogP contribution < -0.4 is 4.74 Å². The van der Waals surface area contributed by atoms with Gasteiger partial charge in [0, 0.05) is 18.8 Å². The fourth-order valence-electron chi connectivity index (χ4n) is 3.46. The smallest absolute Gasteiger partial charge is 0.170 e. The van der Waals surface area contributed by atoms with E-state index in [0.29, 0.717) is 24.2 Å². The van der Waals surface area contributed by atoms with Gasteiger partial charge in [0.1, 0.15) is 17.3 Å². The first kappa shape index (κ1) is 15.4. The lowest BCUT2D eigenvalue weighted by Gasteiger charge is -2.24. The molecule has 4 rings (SSSR count). The number of carbonyl (C=O) groups excluding carboxylic acids is 1. The minimum atomic E-state index is -0.112. The van der Waals surface area contributed by atoms with Gasteiger partial charge in [-0.1, -0.05) is 30.3 Å². The van der Waals surface area contributed by atoms with Crippen molar-refractivity contribution in [2.45, 2.75) is 18.8 Å². The largest absolute Gasteiger partial charge is 0.511 e. The number of methoxy groups -OCH3 is 1. The molecule has 0 spiro atoms. The molecule has 1 aliphatic carbocycles. The van der Waals surface area contributed by atoms with Crippen LogP contribution in [-0.2, 0) is 4.79 Å². The number of aliphatic hydroxyl groups is 1. The molecule has 1 atom stereocenters. The SMILES string of the molecule is COc1ccccc1C1CC(=O)C(c2nc3ccccc3[nH]2)=C(O)C1. The fourth-order valence-corrected chi connectivity index (χ4v) is 3.46. The van der Waals surface area contributed by atoms with E-state index in [1.165, 1.54) is 0 Å². The van der Waals surface area contributed by atoms with E-state index < -0.39 is 0 Å². The standard InChI is InChI=1S/C20H18N2O3/c1-25-18-9-5-2-6-13(18)12-10-16(23)19(17(24)11-12)20-21-14-7-3-4-8-15(14)22-20/h2-9,12,23H,10-11H2,1H3,(H,21,22). The predicted molar refractivity (Wildman–Crippen MR) is 95.6 cm³/mol. The second kappa shape index (κ2) is 6.09. The third kappa shape index (κ3) is 2.67. The lowest BCUT2D eigenvalue weighted by atomic mass is 9.82. The molecule has 0 radical (unpaired) electrons. The summed E-state index contributed by atoms with van der Waals surface area (Å²) in [5.74, 6) is 1.03. The minimum absolute atomic E-state index is 0.0752. The maximum atomic E-state index is 12.7. The quantitative estimate of drug-likeness (QED) is 0.759. The molecular weight excluding hydrogens is 316 g/mol. The van der Waals surface area contributed by atoms with Crippen LogP contribution in [0.15, 0.2) is 54.3 Å². The Hall–Kier alpha value is -3.08. The number of ketones is 1. The van der Waals surface area contributed by atoms with Crippen molar-refractivity contribution in [3.63, 3.8) is 0 Å². The normalized spacial score (nSPS) is 18.0. The molecule has 0 amide bonds. The molecule has 1 unspecified atom stereocenters. The Kier molecular flexibility index (Phi) is 3.76. The number of aromatic amines is 1. The number of benzene rings is 2. The van der Waals surface area contributed by atoms with E-state index in [4.69, 9.17) is 4.74 Å². The third-order valence-corrected chi connectivity index (χ3v) is 4.64. The zero-order chi connectivity index (χ0) is 17.4. The van der Waals surface area contributed by atoms with Crippen LogP contribution in [0.3, 0.4) is 0 Å². The van der Waals surface area contributed by atoms with Gasteiger partial charge in [-0.3, -0.25) is 4.79 Å². The second-order valence-electron chi connectivity index (χ2n) is 6.19. The van der Waals surface area contributed by atoms with Crippen molar-refractivity contribution in [3.8, 4) is 5.75 Å². The molecule has 1 heterocycles. The Morgan fingerprint density at radius 1 is 1.12 bits per heavy atom. The Bertz CT molecular complexity index is 954. The fraction of sp³-hybridized carbons (Fsp3) is 0.200. The van der Waals surface area contributed by atoms with E-state index in [1.54, 1.807) is 7.11 Å². The number of nitrogens with one attached hydrogen (secondary N) is 1. The molecule has 1 aliphatic rings. The molecule has 5 nitrogen and oxygen atoms in total. The number of Topliss-reactive ketones (excluding diaryl/α,β-unsaturated/α-hetero) is 1. The Labute approximate surface area is 145 Å². The van der Waals surface area contributed by atoms with Gasteiger partial charge in [-0.2, -0.15) is 0 Å². The highest BCUT2D eigenvalue weighted by molar-refractivity contribution is 6.21. The highest BCUT2D eigenvalue weighted by Gasteiger charge is 2.32. The number of imidazole rings is 1. The molecule has 0 saturated heterocycles. The highest BCUT2D eigenvalue weighted by atomic mass is 16.5. The van der Waals surface area contributed by atoms with Crippen molar-refractivity contribution < 1.29 is 14.6 Å². The van der Waals surface area contributed by atoms with Crippen molar-refractivity contribution in [2.75, 3.05) is 7.11 Å². The number of aliphatic hydroxyl groups excluding tert-OH is 1. The van der Waals surface area contributed by atoms with Crippen molar-refractivity contribution in [1.82, 2.24) is 9.97 Å². The van der Waals surface area contributed by atoms with E-state index in [9.17, 15) is 9.90 Å². The van der Waals surface area contributed by atoms with Gasteiger partial charge in [-0.25, -0.2) is 4.98 Å². The number of aromatic nitrogens is 2. The summed E-state index contributed by atoms with van der Waals surface area (Å²) >= 11 is 0. The first-order chi connectivity index (χ1) is 12.2. The summed E-state index contributed by atoms with van der Waals surface area (Å²) in [7, 11) is 1.61. The lowest BCUT2D eigenvalue weighted by Crippen LogP contribution is -2.18. The number of fused-ring (bicyclic) bond motifs is 1. The van der Waals surface area contributed by atoms with Crippen LogP contribution in [-0.4, -0.2) is 28.0 Å². The van der Waals surface area contributed by atoms with E-state index >= 15 is 0 Å². The van der Waals surface area contributed by atoms with E-state index in [2.05, 4.69) is 9.97 Å². The average Bonchev–Trinajstić information content (AvgIpc) is 3.04.